The Morgan fingerprint density at radius 1 is 1.19 bits per heavy atom. The van der Waals surface area contributed by atoms with Crippen molar-refractivity contribution in [2.24, 2.45) is 5.92 Å². The molecule has 0 aromatic carbocycles. The lowest BCUT2D eigenvalue weighted by Gasteiger charge is -2.28. The fourth-order valence-corrected chi connectivity index (χ4v) is 2.25. The van der Waals surface area contributed by atoms with Crippen molar-refractivity contribution in [1.29, 1.82) is 0 Å². The third kappa shape index (κ3) is 5.27. The van der Waals surface area contributed by atoms with E-state index in [0.29, 0.717) is 11.8 Å². The minimum atomic E-state index is 0.365. The average molecular weight is 292 g/mol. The third-order valence-electron chi connectivity index (χ3n) is 3.87. The van der Waals surface area contributed by atoms with Crippen LogP contribution in [-0.2, 0) is 6.54 Å². The van der Waals surface area contributed by atoms with Gasteiger partial charge in [0, 0.05) is 25.6 Å². The number of nitrogens with zero attached hydrogens (tertiary/aromatic N) is 3. The smallest absolute Gasteiger partial charge is 0.131 e. The fraction of sp³-hybridized carbons (Fsp3) is 0.765. The molecule has 4 heteroatoms. The van der Waals surface area contributed by atoms with Gasteiger partial charge in [0.15, 0.2) is 0 Å². The molecule has 0 spiro atoms. The molecule has 0 aliphatic heterocycles. The summed E-state index contributed by atoms with van der Waals surface area (Å²) in [6, 6.07) is 0. The van der Waals surface area contributed by atoms with E-state index in [0.717, 1.165) is 37.7 Å². The molecule has 1 N–H and O–H groups in total. The van der Waals surface area contributed by atoms with Crippen LogP contribution in [0.1, 0.15) is 65.4 Å². The van der Waals surface area contributed by atoms with Crippen LogP contribution in [0.4, 0.5) is 5.69 Å². The van der Waals surface area contributed by atoms with E-state index in [1.54, 1.807) is 0 Å². The molecule has 1 aromatic rings. The van der Waals surface area contributed by atoms with Crippen molar-refractivity contribution in [3.05, 3.63) is 17.7 Å². The first-order valence-corrected chi connectivity index (χ1v) is 8.34. The van der Waals surface area contributed by atoms with E-state index >= 15 is 0 Å². The Morgan fingerprint density at radius 2 is 1.90 bits per heavy atom. The molecule has 0 saturated carbocycles. The van der Waals surface area contributed by atoms with Crippen LogP contribution in [-0.4, -0.2) is 29.6 Å². The van der Waals surface area contributed by atoms with E-state index in [1.165, 1.54) is 12.1 Å². The molecule has 4 nitrogen and oxygen atoms in total. The maximum Gasteiger partial charge on any atom is 0.131 e. The largest absolute Gasteiger partial charge is 0.369 e. The molecule has 1 heterocycles. The highest BCUT2D eigenvalue weighted by molar-refractivity contribution is 5.49. The van der Waals surface area contributed by atoms with Crippen molar-refractivity contribution in [2.45, 2.75) is 60.4 Å². The maximum absolute atomic E-state index is 4.80. The van der Waals surface area contributed by atoms with E-state index < -0.39 is 0 Å². The van der Waals surface area contributed by atoms with Gasteiger partial charge in [0.25, 0.3) is 0 Å². The molecule has 0 saturated heterocycles. The number of rotatable bonds is 9. The van der Waals surface area contributed by atoms with Gasteiger partial charge in [0.1, 0.15) is 5.82 Å². The molecule has 0 fully saturated rings. The Labute approximate surface area is 130 Å². The summed E-state index contributed by atoms with van der Waals surface area (Å²) in [5.74, 6) is 1.98. The molecule has 1 aromatic heterocycles. The molecule has 1 unspecified atom stereocenters. The minimum Gasteiger partial charge on any atom is -0.369 e. The number of hydrogen-bond donors (Lipinski definition) is 1. The fourth-order valence-electron chi connectivity index (χ4n) is 2.25. The summed E-state index contributed by atoms with van der Waals surface area (Å²) >= 11 is 0. The molecule has 120 valence electrons. The minimum absolute atomic E-state index is 0.365. The zero-order chi connectivity index (χ0) is 15.8. The second-order valence-corrected chi connectivity index (χ2v) is 6.05. The topological polar surface area (TPSA) is 41.1 Å². The normalized spacial score (nSPS) is 12.7. The predicted molar refractivity (Wildman–Crippen MR) is 90.8 cm³/mol. The predicted octanol–water partition coefficient (Wildman–Crippen LogP) is 3.58. The number of aromatic nitrogens is 2. The Hall–Kier alpha value is -1.16. The van der Waals surface area contributed by atoms with Gasteiger partial charge in [-0.2, -0.15) is 0 Å². The second kappa shape index (κ2) is 8.98. The summed E-state index contributed by atoms with van der Waals surface area (Å²) in [6.07, 6.45) is 3.21. The van der Waals surface area contributed by atoms with Gasteiger partial charge in [0.05, 0.1) is 17.6 Å². The van der Waals surface area contributed by atoms with Crippen molar-refractivity contribution >= 4 is 5.69 Å². The van der Waals surface area contributed by atoms with E-state index in [9.17, 15) is 0 Å². The first-order valence-electron chi connectivity index (χ1n) is 8.34. The van der Waals surface area contributed by atoms with Gasteiger partial charge >= 0.3 is 0 Å². The van der Waals surface area contributed by atoms with Gasteiger partial charge < -0.3 is 10.2 Å². The molecular formula is C17H32N4. The van der Waals surface area contributed by atoms with Crippen molar-refractivity contribution < 1.29 is 0 Å². The maximum atomic E-state index is 4.80. The molecular weight excluding hydrogens is 260 g/mol. The van der Waals surface area contributed by atoms with Crippen molar-refractivity contribution in [2.75, 3.05) is 24.5 Å². The Bertz CT molecular complexity index is 417. The highest BCUT2D eigenvalue weighted by atomic mass is 15.2. The molecule has 0 aliphatic carbocycles. The van der Waals surface area contributed by atoms with Gasteiger partial charge in [-0.3, -0.25) is 0 Å². The molecule has 0 radical (unpaired) electrons. The highest BCUT2D eigenvalue weighted by Crippen LogP contribution is 2.22. The quantitative estimate of drug-likeness (QED) is 0.755. The monoisotopic (exact) mass is 292 g/mol. The zero-order valence-corrected chi connectivity index (χ0v) is 14.6. The van der Waals surface area contributed by atoms with E-state index in [4.69, 9.17) is 4.98 Å². The van der Waals surface area contributed by atoms with E-state index in [-0.39, 0.29) is 0 Å². The summed E-state index contributed by atoms with van der Waals surface area (Å²) in [6.45, 7) is 17.0. The Morgan fingerprint density at radius 3 is 2.43 bits per heavy atom. The molecule has 1 rings (SSSR count). The van der Waals surface area contributed by atoms with Crippen LogP contribution >= 0.6 is 0 Å². The van der Waals surface area contributed by atoms with E-state index in [2.05, 4.69) is 56.7 Å². The first kappa shape index (κ1) is 17.9. The van der Waals surface area contributed by atoms with Crippen LogP contribution in [0.2, 0.25) is 0 Å². The van der Waals surface area contributed by atoms with Gasteiger partial charge in [-0.05, 0) is 19.4 Å². The molecule has 21 heavy (non-hydrogen) atoms. The third-order valence-corrected chi connectivity index (χ3v) is 3.87. The zero-order valence-electron chi connectivity index (χ0n) is 14.6. The standard InChI is InChI=1S/C17H32N4/c1-7-14(6)12-21(9-3)16-11-19-17(13(4)5)20-15(16)10-18-8-2/h11,13-14,18H,7-10,12H2,1-6H3. The van der Waals surface area contributed by atoms with Crippen LogP contribution < -0.4 is 10.2 Å². The molecule has 0 amide bonds. The summed E-state index contributed by atoms with van der Waals surface area (Å²) in [7, 11) is 0. The van der Waals surface area contributed by atoms with Crippen LogP contribution in [0.3, 0.4) is 0 Å². The SMILES string of the molecule is CCNCc1nc(C(C)C)ncc1N(CC)CC(C)CC. The van der Waals surface area contributed by atoms with Crippen LogP contribution in [0.5, 0.6) is 0 Å². The van der Waals surface area contributed by atoms with Crippen molar-refractivity contribution in [3.8, 4) is 0 Å². The van der Waals surface area contributed by atoms with Gasteiger partial charge in [-0.25, -0.2) is 9.97 Å². The molecule has 1 atom stereocenters. The Kier molecular flexibility index (Phi) is 7.65. The summed E-state index contributed by atoms with van der Waals surface area (Å²) in [5.41, 5.74) is 2.31. The summed E-state index contributed by atoms with van der Waals surface area (Å²) in [5, 5.41) is 3.40. The highest BCUT2D eigenvalue weighted by Gasteiger charge is 2.15. The number of hydrogen-bond acceptors (Lipinski definition) is 4. The van der Waals surface area contributed by atoms with Crippen LogP contribution in [0.15, 0.2) is 6.20 Å². The summed E-state index contributed by atoms with van der Waals surface area (Å²) < 4.78 is 0. The lowest BCUT2D eigenvalue weighted by atomic mass is 10.1. The van der Waals surface area contributed by atoms with Crippen molar-refractivity contribution in [1.82, 2.24) is 15.3 Å². The first-order chi connectivity index (χ1) is 10.0. The van der Waals surface area contributed by atoms with Gasteiger partial charge in [0.2, 0.25) is 0 Å². The second-order valence-electron chi connectivity index (χ2n) is 6.05. The lowest BCUT2D eigenvalue weighted by Crippen LogP contribution is -2.30. The van der Waals surface area contributed by atoms with Gasteiger partial charge in [-0.15, -0.1) is 0 Å². The number of anilines is 1. The lowest BCUT2D eigenvalue weighted by molar-refractivity contribution is 0.544. The van der Waals surface area contributed by atoms with Crippen LogP contribution in [0, 0.1) is 5.92 Å². The van der Waals surface area contributed by atoms with Gasteiger partial charge in [-0.1, -0.05) is 41.0 Å². The van der Waals surface area contributed by atoms with E-state index in [1.807, 2.05) is 6.20 Å². The Balaban J connectivity index is 3.06. The summed E-state index contributed by atoms with van der Waals surface area (Å²) in [4.78, 5) is 11.8. The molecule has 0 bridgehead atoms. The van der Waals surface area contributed by atoms with Crippen molar-refractivity contribution in [3.63, 3.8) is 0 Å². The molecule has 0 aliphatic rings. The number of nitrogens with one attached hydrogen (secondary N) is 1. The van der Waals surface area contributed by atoms with Crippen LogP contribution in [0.25, 0.3) is 0 Å². The average Bonchev–Trinajstić information content (AvgIpc) is 2.50.